The van der Waals surface area contributed by atoms with E-state index in [9.17, 15) is 0 Å². The van der Waals surface area contributed by atoms with Gasteiger partial charge in [-0.15, -0.1) is 0 Å². The maximum absolute atomic E-state index is 4.15. The SMILES string of the molecule is C[C@@H](CNCCc1ccccc1)NSc1ccc2cnccc2c1. The van der Waals surface area contributed by atoms with Gasteiger partial charge in [0.1, 0.15) is 0 Å². The summed E-state index contributed by atoms with van der Waals surface area (Å²) in [6.45, 7) is 4.16. The van der Waals surface area contributed by atoms with Gasteiger partial charge in [-0.05, 0) is 61.0 Å². The van der Waals surface area contributed by atoms with Gasteiger partial charge < -0.3 is 5.32 Å². The van der Waals surface area contributed by atoms with Crippen molar-refractivity contribution in [1.29, 1.82) is 0 Å². The molecule has 0 saturated heterocycles. The molecule has 0 amide bonds. The molecule has 0 unspecified atom stereocenters. The highest BCUT2D eigenvalue weighted by molar-refractivity contribution is 7.97. The second-order valence-corrected chi connectivity index (χ2v) is 6.86. The Kier molecular flexibility index (Phi) is 6.24. The van der Waals surface area contributed by atoms with E-state index in [0.29, 0.717) is 6.04 Å². The average Bonchev–Trinajstić information content (AvgIpc) is 2.64. The fourth-order valence-corrected chi connectivity index (χ4v) is 3.27. The monoisotopic (exact) mass is 337 g/mol. The summed E-state index contributed by atoms with van der Waals surface area (Å²) in [6.07, 6.45) is 4.80. The Balaban J connectivity index is 1.39. The van der Waals surface area contributed by atoms with Gasteiger partial charge in [-0.2, -0.15) is 0 Å². The molecule has 0 spiro atoms. The highest BCUT2D eigenvalue weighted by Gasteiger charge is 2.03. The summed E-state index contributed by atoms with van der Waals surface area (Å²) in [7, 11) is 0. The molecule has 2 N–H and O–H groups in total. The largest absolute Gasteiger partial charge is 0.315 e. The van der Waals surface area contributed by atoms with E-state index in [1.54, 1.807) is 11.9 Å². The number of benzene rings is 2. The third-order valence-electron chi connectivity index (χ3n) is 3.87. The number of rotatable bonds is 8. The van der Waals surface area contributed by atoms with Gasteiger partial charge in [-0.3, -0.25) is 9.71 Å². The van der Waals surface area contributed by atoms with Gasteiger partial charge in [0, 0.05) is 35.3 Å². The number of nitrogens with one attached hydrogen (secondary N) is 2. The van der Waals surface area contributed by atoms with Crippen LogP contribution >= 0.6 is 11.9 Å². The molecular weight excluding hydrogens is 314 g/mol. The van der Waals surface area contributed by atoms with Crippen molar-refractivity contribution in [2.24, 2.45) is 0 Å². The van der Waals surface area contributed by atoms with Crippen LogP contribution in [-0.2, 0) is 6.42 Å². The lowest BCUT2D eigenvalue weighted by Crippen LogP contribution is -2.33. The van der Waals surface area contributed by atoms with Crippen molar-refractivity contribution >= 4 is 22.7 Å². The first kappa shape index (κ1) is 17.0. The molecule has 3 nitrogen and oxygen atoms in total. The summed E-state index contributed by atoms with van der Waals surface area (Å²) in [5.74, 6) is 0. The zero-order chi connectivity index (χ0) is 16.6. The smallest absolute Gasteiger partial charge is 0.0346 e. The lowest BCUT2D eigenvalue weighted by molar-refractivity contribution is 0.586. The Bertz CT molecular complexity index is 761. The second kappa shape index (κ2) is 8.83. The molecule has 0 aliphatic rings. The standard InChI is InChI=1S/C20H23N3S/c1-16(14-21-11-9-17-5-3-2-4-6-17)23-24-20-8-7-19-15-22-12-10-18(19)13-20/h2-8,10,12-13,15-16,21,23H,9,11,14H2,1H3/t16-/m0/s1. The molecule has 1 atom stereocenters. The van der Waals surface area contributed by atoms with E-state index in [0.717, 1.165) is 19.5 Å². The molecule has 124 valence electrons. The van der Waals surface area contributed by atoms with Gasteiger partial charge in [0.15, 0.2) is 0 Å². The molecule has 0 fully saturated rings. The summed E-state index contributed by atoms with van der Waals surface area (Å²) in [5.41, 5.74) is 1.38. The minimum absolute atomic E-state index is 0.402. The van der Waals surface area contributed by atoms with Crippen molar-refractivity contribution in [2.45, 2.75) is 24.3 Å². The van der Waals surface area contributed by atoms with Gasteiger partial charge in [0.2, 0.25) is 0 Å². The molecule has 3 rings (SSSR count). The van der Waals surface area contributed by atoms with Gasteiger partial charge in [-0.25, -0.2) is 0 Å². The zero-order valence-electron chi connectivity index (χ0n) is 13.9. The summed E-state index contributed by atoms with van der Waals surface area (Å²) in [4.78, 5) is 5.38. The molecule has 0 saturated carbocycles. The lowest BCUT2D eigenvalue weighted by atomic mass is 10.1. The average molecular weight is 337 g/mol. The molecule has 0 aliphatic carbocycles. The third kappa shape index (κ3) is 5.06. The number of pyridine rings is 1. The molecule has 1 heterocycles. The Hall–Kier alpha value is -1.88. The van der Waals surface area contributed by atoms with Gasteiger partial charge in [0.05, 0.1) is 0 Å². The Morgan fingerprint density at radius 3 is 2.79 bits per heavy atom. The minimum atomic E-state index is 0.402. The normalized spacial score (nSPS) is 12.4. The molecule has 0 aliphatic heterocycles. The first-order chi connectivity index (χ1) is 11.8. The van der Waals surface area contributed by atoms with E-state index in [-0.39, 0.29) is 0 Å². The van der Waals surface area contributed by atoms with Crippen molar-refractivity contribution in [3.63, 3.8) is 0 Å². The number of hydrogen-bond acceptors (Lipinski definition) is 4. The summed E-state index contributed by atoms with van der Waals surface area (Å²) >= 11 is 1.69. The highest BCUT2D eigenvalue weighted by Crippen LogP contribution is 2.21. The van der Waals surface area contributed by atoms with E-state index >= 15 is 0 Å². The molecule has 0 bridgehead atoms. The van der Waals surface area contributed by atoms with Crippen LogP contribution in [0.4, 0.5) is 0 Å². The van der Waals surface area contributed by atoms with E-state index in [1.807, 2.05) is 18.5 Å². The Labute approximate surface area is 148 Å². The molecule has 0 radical (unpaired) electrons. The third-order valence-corrected chi connectivity index (χ3v) is 4.88. The van der Waals surface area contributed by atoms with Crippen molar-refractivity contribution < 1.29 is 0 Å². The first-order valence-electron chi connectivity index (χ1n) is 8.32. The van der Waals surface area contributed by atoms with Gasteiger partial charge >= 0.3 is 0 Å². The molecule has 2 aromatic carbocycles. The van der Waals surface area contributed by atoms with E-state index in [4.69, 9.17) is 0 Å². The summed E-state index contributed by atoms with van der Waals surface area (Å²) < 4.78 is 3.50. The van der Waals surface area contributed by atoms with Crippen LogP contribution < -0.4 is 10.0 Å². The quantitative estimate of drug-likeness (QED) is 0.480. The van der Waals surface area contributed by atoms with Crippen LogP contribution in [0.15, 0.2) is 71.9 Å². The highest BCUT2D eigenvalue weighted by atomic mass is 32.2. The number of aromatic nitrogens is 1. The minimum Gasteiger partial charge on any atom is -0.315 e. The second-order valence-electron chi connectivity index (χ2n) is 5.95. The van der Waals surface area contributed by atoms with Crippen molar-refractivity contribution in [3.8, 4) is 0 Å². The van der Waals surface area contributed by atoms with Gasteiger partial charge in [0.25, 0.3) is 0 Å². The van der Waals surface area contributed by atoms with Gasteiger partial charge in [-0.1, -0.05) is 36.4 Å². The summed E-state index contributed by atoms with van der Waals surface area (Å²) in [5, 5.41) is 5.92. The maximum atomic E-state index is 4.15. The fourth-order valence-electron chi connectivity index (χ4n) is 2.53. The Morgan fingerprint density at radius 2 is 1.92 bits per heavy atom. The molecule has 1 aromatic heterocycles. The predicted molar refractivity (Wildman–Crippen MR) is 103 cm³/mol. The molecule has 4 heteroatoms. The maximum Gasteiger partial charge on any atom is 0.0346 e. The van der Waals surface area contributed by atoms with Crippen molar-refractivity contribution in [3.05, 3.63) is 72.6 Å². The van der Waals surface area contributed by atoms with Crippen LogP contribution in [0.1, 0.15) is 12.5 Å². The molecule has 24 heavy (non-hydrogen) atoms. The van der Waals surface area contributed by atoms with E-state index in [2.05, 4.69) is 70.5 Å². The zero-order valence-corrected chi connectivity index (χ0v) is 14.7. The fraction of sp³-hybridized carbons (Fsp3) is 0.250. The van der Waals surface area contributed by atoms with E-state index in [1.165, 1.54) is 21.2 Å². The number of hydrogen-bond donors (Lipinski definition) is 2. The van der Waals surface area contributed by atoms with Crippen molar-refractivity contribution in [2.75, 3.05) is 13.1 Å². The van der Waals surface area contributed by atoms with E-state index < -0.39 is 0 Å². The van der Waals surface area contributed by atoms with Crippen LogP contribution in [0.25, 0.3) is 10.8 Å². The Morgan fingerprint density at radius 1 is 1.04 bits per heavy atom. The first-order valence-corrected chi connectivity index (χ1v) is 9.14. The lowest BCUT2D eigenvalue weighted by Gasteiger charge is -2.14. The van der Waals surface area contributed by atoms with Crippen LogP contribution in [-0.4, -0.2) is 24.1 Å². The van der Waals surface area contributed by atoms with Crippen LogP contribution in [0.3, 0.4) is 0 Å². The topological polar surface area (TPSA) is 37.0 Å². The summed E-state index contributed by atoms with van der Waals surface area (Å²) in [6, 6.07) is 19.5. The number of fused-ring (bicyclic) bond motifs is 1. The number of nitrogens with zero attached hydrogens (tertiary/aromatic N) is 1. The predicted octanol–water partition coefficient (Wildman–Crippen LogP) is 4.05. The molecular formula is C20H23N3S. The van der Waals surface area contributed by atoms with Crippen LogP contribution in [0.2, 0.25) is 0 Å². The van der Waals surface area contributed by atoms with Crippen molar-refractivity contribution in [1.82, 2.24) is 15.0 Å². The van der Waals surface area contributed by atoms with Crippen LogP contribution in [0.5, 0.6) is 0 Å². The molecule has 3 aromatic rings. The van der Waals surface area contributed by atoms with Crippen LogP contribution in [0, 0.1) is 0 Å².